The van der Waals surface area contributed by atoms with Crippen molar-refractivity contribution in [2.75, 3.05) is 12.3 Å². The molecule has 0 aliphatic carbocycles. The number of nitrogens with one attached hydrogen (secondary N) is 2. The van der Waals surface area contributed by atoms with E-state index in [1.807, 2.05) is 30.3 Å². The van der Waals surface area contributed by atoms with E-state index in [2.05, 4.69) is 27.3 Å². The van der Waals surface area contributed by atoms with E-state index in [0.717, 1.165) is 6.42 Å². The number of carbonyl (C=O) groups excluding carboxylic acids is 1. The highest BCUT2D eigenvalue weighted by Crippen LogP contribution is 2.29. The molecule has 3 heterocycles. The Bertz CT molecular complexity index is 1340. The van der Waals surface area contributed by atoms with Crippen molar-refractivity contribution in [2.24, 2.45) is 0 Å². The van der Waals surface area contributed by atoms with Gasteiger partial charge in [-0.2, -0.15) is 10.1 Å². The van der Waals surface area contributed by atoms with Crippen molar-refractivity contribution in [3.8, 4) is 11.5 Å². The number of nitrogen functional groups attached to an aromatic ring is 1. The van der Waals surface area contributed by atoms with Crippen LogP contribution in [0, 0.1) is 0 Å². The van der Waals surface area contributed by atoms with Crippen LogP contribution in [0.15, 0.2) is 59.4 Å². The number of ether oxygens (including phenoxy) is 1. The molecule has 0 amide bonds. The van der Waals surface area contributed by atoms with Crippen molar-refractivity contribution in [2.45, 2.75) is 25.4 Å². The Balaban J connectivity index is 1.51. The van der Waals surface area contributed by atoms with Crippen LogP contribution in [0.4, 0.5) is 5.82 Å². The number of aromatic amines is 1. The molecule has 5 rings (SSSR count). The number of anilines is 1. The Kier molecular flexibility index (Phi) is 4.95. The molecule has 0 saturated carbocycles. The summed E-state index contributed by atoms with van der Waals surface area (Å²) in [4.78, 5) is 31.9. The number of hydrogen-bond donors (Lipinski definition) is 3. The van der Waals surface area contributed by atoms with Crippen LogP contribution in [-0.2, 0) is 0 Å². The van der Waals surface area contributed by atoms with Crippen molar-refractivity contribution in [1.29, 1.82) is 0 Å². The molecule has 0 radical (unpaired) electrons. The van der Waals surface area contributed by atoms with Crippen molar-refractivity contribution in [3.05, 3.63) is 76.3 Å². The summed E-state index contributed by atoms with van der Waals surface area (Å²) in [5, 5.41) is 8.28. The second kappa shape index (κ2) is 7.93. The molecule has 1 aliphatic heterocycles. The summed E-state index contributed by atoms with van der Waals surface area (Å²) >= 11 is 0. The van der Waals surface area contributed by atoms with E-state index in [4.69, 9.17) is 10.5 Å². The van der Waals surface area contributed by atoms with E-state index < -0.39 is 5.69 Å². The summed E-state index contributed by atoms with van der Waals surface area (Å²) in [7, 11) is 0. The fourth-order valence-corrected chi connectivity index (χ4v) is 4.03. The number of aromatic nitrogens is 4. The van der Waals surface area contributed by atoms with Gasteiger partial charge in [0.25, 0.3) is 0 Å². The van der Waals surface area contributed by atoms with Crippen LogP contribution in [0.3, 0.4) is 0 Å². The summed E-state index contributed by atoms with van der Waals surface area (Å²) in [6, 6.07) is 16.5. The van der Waals surface area contributed by atoms with Crippen LogP contribution < -0.4 is 21.5 Å². The number of rotatable bonds is 5. The zero-order chi connectivity index (χ0) is 22.2. The van der Waals surface area contributed by atoms with Gasteiger partial charge < -0.3 is 15.8 Å². The lowest BCUT2D eigenvalue weighted by atomic mass is 10.1. The molecule has 2 aromatic heterocycles. The molecule has 2 atom stereocenters. The third-order valence-electron chi connectivity index (χ3n) is 5.59. The average Bonchev–Trinajstić information content (AvgIpc) is 3.38. The minimum atomic E-state index is -0.573. The molecular weight excluding hydrogens is 408 g/mol. The van der Waals surface area contributed by atoms with E-state index in [0.29, 0.717) is 40.7 Å². The molecule has 32 heavy (non-hydrogen) atoms. The number of nitrogens with zero attached hydrogens (tertiary/aromatic N) is 3. The summed E-state index contributed by atoms with van der Waals surface area (Å²) in [6.45, 7) is 2.75. The van der Waals surface area contributed by atoms with Gasteiger partial charge in [0.15, 0.2) is 5.65 Å². The zero-order valence-electron chi connectivity index (χ0n) is 17.4. The average molecular weight is 430 g/mol. The van der Waals surface area contributed by atoms with Crippen LogP contribution >= 0.6 is 0 Å². The van der Waals surface area contributed by atoms with Gasteiger partial charge in [0.2, 0.25) is 5.78 Å². The topological polar surface area (TPSA) is 128 Å². The number of H-pyrrole nitrogens is 1. The largest absolute Gasteiger partial charge is 0.457 e. The third-order valence-corrected chi connectivity index (χ3v) is 5.59. The number of hydrogen-bond acceptors (Lipinski definition) is 7. The van der Waals surface area contributed by atoms with Crippen molar-refractivity contribution in [1.82, 2.24) is 25.1 Å². The van der Waals surface area contributed by atoms with Crippen molar-refractivity contribution >= 4 is 22.6 Å². The highest BCUT2D eigenvalue weighted by molar-refractivity contribution is 6.16. The molecule has 2 unspecified atom stereocenters. The van der Waals surface area contributed by atoms with E-state index in [1.54, 1.807) is 28.9 Å². The smallest absolute Gasteiger partial charge is 0.348 e. The van der Waals surface area contributed by atoms with Gasteiger partial charge >= 0.3 is 5.69 Å². The lowest BCUT2D eigenvalue weighted by Crippen LogP contribution is -2.19. The molecule has 1 aliphatic rings. The fourth-order valence-electron chi connectivity index (χ4n) is 4.03. The molecule has 162 valence electrons. The van der Waals surface area contributed by atoms with Gasteiger partial charge in [-0.3, -0.25) is 9.78 Å². The van der Waals surface area contributed by atoms with Gasteiger partial charge in [0.05, 0.1) is 11.4 Å². The van der Waals surface area contributed by atoms with Crippen LogP contribution in [0.2, 0.25) is 0 Å². The SMILES string of the molecule is CC1CC(n2nc(C(=O)c3ccc(Oc4ccccc4)cc3)c3c(N)[nH]c(=O)nc32)CN1. The summed E-state index contributed by atoms with van der Waals surface area (Å²) < 4.78 is 7.45. The minimum Gasteiger partial charge on any atom is -0.457 e. The van der Waals surface area contributed by atoms with Gasteiger partial charge in [0, 0.05) is 18.2 Å². The van der Waals surface area contributed by atoms with Gasteiger partial charge in [-0.05, 0) is 49.7 Å². The van der Waals surface area contributed by atoms with Crippen molar-refractivity contribution < 1.29 is 9.53 Å². The maximum absolute atomic E-state index is 13.4. The quantitative estimate of drug-likeness (QED) is 0.415. The molecule has 1 saturated heterocycles. The normalized spacial score (nSPS) is 18.2. The monoisotopic (exact) mass is 430 g/mol. The molecule has 9 heteroatoms. The molecule has 0 bridgehead atoms. The third kappa shape index (κ3) is 3.63. The number of nitrogens with two attached hydrogens (primary N) is 1. The van der Waals surface area contributed by atoms with E-state index >= 15 is 0 Å². The van der Waals surface area contributed by atoms with E-state index in [9.17, 15) is 9.59 Å². The molecular formula is C23H22N6O3. The molecule has 9 nitrogen and oxygen atoms in total. The highest BCUT2D eigenvalue weighted by Gasteiger charge is 2.29. The molecule has 0 spiro atoms. The summed E-state index contributed by atoms with van der Waals surface area (Å²) in [5.41, 5.74) is 6.43. The summed E-state index contributed by atoms with van der Waals surface area (Å²) in [5.74, 6) is 1.09. The lowest BCUT2D eigenvalue weighted by molar-refractivity contribution is 0.103. The number of carbonyl (C=O) groups is 1. The first kappa shape index (κ1) is 20.0. The maximum Gasteiger partial charge on any atom is 0.348 e. The molecule has 1 fully saturated rings. The second-order valence-corrected chi connectivity index (χ2v) is 7.91. The second-order valence-electron chi connectivity index (χ2n) is 7.91. The van der Waals surface area contributed by atoms with Gasteiger partial charge in [-0.1, -0.05) is 18.2 Å². The lowest BCUT2D eigenvalue weighted by Gasteiger charge is -2.09. The van der Waals surface area contributed by atoms with Crippen LogP contribution in [0.5, 0.6) is 11.5 Å². The predicted octanol–water partition coefficient (Wildman–Crippen LogP) is 2.65. The molecule has 2 aromatic carbocycles. The number of fused-ring (bicyclic) bond motifs is 1. The Hall–Kier alpha value is -3.98. The molecule has 4 aromatic rings. The number of benzene rings is 2. The fraction of sp³-hybridized carbons (Fsp3) is 0.217. The maximum atomic E-state index is 13.4. The predicted molar refractivity (Wildman–Crippen MR) is 120 cm³/mol. The zero-order valence-corrected chi connectivity index (χ0v) is 17.4. The Morgan fingerprint density at radius 2 is 1.84 bits per heavy atom. The Labute approximate surface area is 183 Å². The van der Waals surface area contributed by atoms with Gasteiger partial charge in [-0.25, -0.2) is 9.48 Å². The standard InChI is InChI=1S/C23H22N6O3/c1-13-11-15(12-25-13)29-22-18(21(24)26-23(31)27-22)19(28-29)20(30)14-7-9-17(10-8-14)32-16-5-3-2-4-6-16/h2-10,13,15,25H,11-12H2,1H3,(H3,24,26,27,31). The van der Waals surface area contributed by atoms with Gasteiger partial charge in [-0.15, -0.1) is 0 Å². The Morgan fingerprint density at radius 3 is 2.53 bits per heavy atom. The van der Waals surface area contributed by atoms with Crippen LogP contribution in [0.1, 0.15) is 35.4 Å². The number of ketones is 1. The van der Waals surface area contributed by atoms with E-state index in [-0.39, 0.29) is 23.3 Å². The minimum absolute atomic E-state index is 0.0237. The summed E-state index contributed by atoms with van der Waals surface area (Å²) in [6.07, 6.45) is 0.810. The first-order valence-electron chi connectivity index (χ1n) is 10.4. The first-order chi connectivity index (χ1) is 15.5. The Morgan fingerprint density at radius 1 is 1.12 bits per heavy atom. The van der Waals surface area contributed by atoms with Crippen LogP contribution in [-0.4, -0.2) is 38.1 Å². The van der Waals surface area contributed by atoms with Crippen molar-refractivity contribution in [3.63, 3.8) is 0 Å². The first-order valence-corrected chi connectivity index (χ1v) is 10.4. The van der Waals surface area contributed by atoms with Gasteiger partial charge in [0.1, 0.15) is 23.0 Å². The molecule has 4 N–H and O–H groups in total. The highest BCUT2D eigenvalue weighted by atomic mass is 16.5. The van der Waals surface area contributed by atoms with E-state index in [1.165, 1.54) is 0 Å². The van der Waals surface area contributed by atoms with Crippen LogP contribution in [0.25, 0.3) is 11.0 Å². The number of para-hydroxylation sites is 1.